The van der Waals surface area contributed by atoms with Crippen molar-refractivity contribution in [1.29, 1.82) is 0 Å². The minimum atomic E-state index is -0.779. The monoisotopic (exact) mass is 350 g/mol. The van der Waals surface area contributed by atoms with E-state index >= 15 is 0 Å². The number of hydrogen-bond acceptors (Lipinski definition) is 4. The number of hydrogen-bond donors (Lipinski definition) is 3. The van der Waals surface area contributed by atoms with Crippen molar-refractivity contribution in [2.24, 2.45) is 11.8 Å². The predicted molar refractivity (Wildman–Crippen MR) is 95.3 cm³/mol. The molecule has 0 aromatic carbocycles. The Morgan fingerprint density at radius 2 is 2.04 bits per heavy atom. The number of aromatic nitrogens is 2. The van der Waals surface area contributed by atoms with Crippen LogP contribution in [0.4, 0.5) is 0 Å². The van der Waals surface area contributed by atoms with Crippen molar-refractivity contribution < 1.29 is 14.7 Å². The highest BCUT2D eigenvalue weighted by Gasteiger charge is 2.35. The number of aromatic amines is 1. The van der Waals surface area contributed by atoms with Crippen LogP contribution < -0.4 is 5.32 Å². The third-order valence-electron chi connectivity index (χ3n) is 5.23. The molecule has 0 saturated carbocycles. The van der Waals surface area contributed by atoms with E-state index in [-0.39, 0.29) is 18.4 Å². The zero-order valence-corrected chi connectivity index (χ0v) is 15.6. The minimum Gasteiger partial charge on any atom is -0.481 e. The van der Waals surface area contributed by atoms with Crippen LogP contribution in [0.25, 0.3) is 0 Å². The van der Waals surface area contributed by atoms with Gasteiger partial charge in [0.15, 0.2) is 0 Å². The van der Waals surface area contributed by atoms with Crippen molar-refractivity contribution in [1.82, 2.24) is 20.4 Å². The molecule has 0 radical (unpaired) electrons. The fourth-order valence-electron chi connectivity index (χ4n) is 3.47. The summed E-state index contributed by atoms with van der Waals surface area (Å²) in [5, 5.41) is 19.2. The lowest BCUT2D eigenvalue weighted by molar-refractivity contribution is -0.137. The molecule has 25 heavy (non-hydrogen) atoms. The molecule has 1 aromatic rings. The van der Waals surface area contributed by atoms with E-state index in [2.05, 4.69) is 34.3 Å². The topological polar surface area (TPSA) is 98.3 Å². The van der Waals surface area contributed by atoms with Crippen molar-refractivity contribution in [3.8, 4) is 0 Å². The summed E-state index contributed by atoms with van der Waals surface area (Å²) >= 11 is 0. The van der Waals surface area contributed by atoms with E-state index in [1.807, 2.05) is 13.8 Å². The summed E-state index contributed by atoms with van der Waals surface area (Å²) in [7, 11) is 0. The molecule has 7 heteroatoms. The van der Waals surface area contributed by atoms with Crippen LogP contribution in [0.5, 0.6) is 0 Å². The fourth-order valence-corrected chi connectivity index (χ4v) is 3.47. The molecule has 1 aromatic heterocycles. The third kappa shape index (κ3) is 5.29. The number of amides is 1. The van der Waals surface area contributed by atoms with Gasteiger partial charge in [0.2, 0.25) is 5.91 Å². The second kappa shape index (κ2) is 8.47. The number of rotatable bonds is 8. The lowest BCUT2D eigenvalue weighted by atomic mass is 9.91. The molecule has 7 nitrogen and oxygen atoms in total. The molecule has 0 spiro atoms. The zero-order valence-electron chi connectivity index (χ0n) is 15.6. The van der Waals surface area contributed by atoms with Gasteiger partial charge < -0.3 is 15.3 Å². The number of likely N-dealkylation sites (tertiary alicyclic amines) is 1. The van der Waals surface area contributed by atoms with Gasteiger partial charge >= 0.3 is 5.97 Å². The van der Waals surface area contributed by atoms with Gasteiger partial charge in [-0.05, 0) is 31.2 Å². The first kappa shape index (κ1) is 19.4. The highest BCUT2D eigenvalue weighted by atomic mass is 16.4. The van der Waals surface area contributed by atoms with Crippen LogP contribution in [0.1, 0.15) is 43.6 Å². The first-order valence-electron chi connectivity index (χ1n) is 9.01. The number of carbonyl (C=O) groups is 2. The first-order chi connectivity index (χ1) is 11.8. The highest BCUT2D eigenvalue weighted by Crippen LogP contribution is 2.24. The molecule has 1 fully saturated rings. The maximum Gasteiger partial charge on any atom is 0.304 e. The SMILES string of the molecule is Cc1[nH]nc(CCC(=O)N[C@@H]2CN(CCC(=O)O)C[C@H]2C(C)C)c1C. The van der Waals surface area contributed by atoms with E-state index in [4.69, 9.17) is 5.11 Å². The molecule has 2 heterocycles. The average molecular weight is 350 g/mol. The van der Waals surface area contributed by atoms with Crippen molar-refractivity contribution in [2.45, 2.75) is 53.0 Å². The van der Waals surface area contributed by atoms with Gasteiger partial charge in [-0.1, -0.05) is 13.8 Å². The molecule has 0 aliphatic carbocycles. The molecule has 2 atom stereocenters. The number of aryl methyl sites for hydroxylation is 2. The molecule has 1 amide bonds. The molecule has 0 bridgehead atoms. The Kier molecular flexibility index (Phi) is 6.58. The Morgan fingerprint density at radius 3 is 2.60 bits per heavy atom. The van der Waals surface area contributed by atoms with Crippen LogP contribution in [0.15, 0.2) is 0 Å². The number of nitrogens with one attached hydrogen (secondary N) is 2. The van der Waals surface area contributed by atoms with Gasteiger partial charge in [0.05, 0.1) is 12.1 Å². The first-order valence-corrected chi connectivity index (χ1v) is 9.01. The normalized spacial score (nSPS) is 21.0. The standard InChI is InChI=1S/C18H30N4O3/c1-11(2)14-9-22(8-7-18(24)25)10-16(14)19-17(23)6-5-15-12(3)13(4)20-21-15/h11,14,16H,5-10H2,1-4H3,(H,19,23)(H,20,21)(H,24,25)/t14-,16+/m0/s1. The van der Waals surface area contributed by atoms with Gasteiger partial charge in [-0.25, -0.2) is 0 Å². The van der Waals surface area contributed by atoms with Crippen LogP contribution in [0.3, 0.4) is 0 Å². The van der Waals surface area contributed by atoms with E-state index in [1.165, 1.54) is 0 Å². The van der Waals surface area contributed by atoms with Crippen molar-refractivity contribution in [2.75, 3.05) is 19.6 Å². The lowest BCUT2D eigenvalue weighted by Crippen LogP contribution is -2.42. The van der Waals surface area contributed by atoms with Gasteiger partial charge in [0.25, 0.3) is 0 Å². The summed E-state index contributed by atoms with van der Waals surface area (Å²) in [5.74, 6) is 0.0532. The summed E-state index contributed by atoms with van der Waals surface area (Å²) in [4.78, 5) is 25.3. The lowest BCUT2D eigenvalue weighted by Gasteiger charge is -2.23. The molecule has 1 aliphatic heterocycles. The zero-order chi connectivity index (χ0) is 18.6. The quantitative estimate of drug-likeness (QED) is 0.660. The van der Waals surface area contributed by atoms with E-state index in [9.17, 15) is 9.59 Å². The Balaban J connectivity index is 1.86. The molecule has 0 unspecified atom stereocenters. The largest absolute Gasteiger partial charge is 0.481 e. The molecule has 1 saturated heterocycles. The summed E-state index contributed by atoms with van der Waals surface area (Å²) in [6.07, 6.45) is 1.19. The van der Waals surface area contributed by atoms with E-state index in [0.717, 1.165) is 30.0 Å². The van der Waals surface area contributed by atoms with E-state index in [0.29, 0.717) is 31.2 Å². The molecule has 140 valence electrons. The Hall–Kier alpha value is -1.89. The third-order valence-corrected chi connectivity index (χ3v) is 5.23. The Morgan fingerprint density at radius 1 is 1.32 bits per heavy atom. The number of nitrogens with zero attached hydrogens (tertiary/aromatic N) is 2. The number of carboxylic acids is 1. The summed E-state index contributed by atoms with van der Waals surface area (Å²) in [5.41, 5.74) is 3.11. The van der Waals surface area contributed by atoms with Crippen LogP contribution in [-0.2, 0) is 16.0 Å². The second-order valence-electron chi connectivity index (χ2n) is 7.41. The molecule has 1 aliphatic rings. The van der Waals surface area contributed by atoms with Crippen LogP contribution in [-0.4, -0.2) is 57.8 Å². The van der Waals surface area contributed by atoms with Crippen LogP contribution in [0, 0.1) is 25.7 Å². The second-order valence-corrected chi connectivity index (χ2v) is 7.41. The maximum atomic E-state index is 12.4. The highest BCUT2D eigenvalue weighted by molar-refractivity contribution is 5.76. The van der Waals surface area contributed by atoms with E-state index in [1.54, 1.807) is 0 Å². The fraction of sp³-hybridized carbons (Fsp3) is 0.722. The molecular weight excluding hydrogens is 320 g/mol. The number of carboxylic acid groups (broad SMARTS) is 1. The molecule has 3 N–H and O–H groups in total. The minimum absolute atomic E-state index is 0.0378. The number of carbonyl (C=O) groups excluding carboxylic acids is 1. The van der Waals surface area contributed by atoms with Gasteiger partial charge in [-0.15, -0.1) is 0 Å². The maximum absolute atomic E-state index is 12.4. The summed E-state index contributed by atoms with van der Waals surface area (Å²) < 4.78 is 0. The van der Waals surface area contributed by atoms with Gasteiger partial charge in [-0.3, -0.25) is 14.7 Å². The number of aliphatic carboxylic acids is 1. The van der Waals surface area contributed by atoms with Gasteiger partial charge in [-0.2, -0.15) is 5.10 Å². The van der Waals surface area contributed by atoms with Crippen LogP contribution >= 0.6 is 0 Å². The van der Waals surface area contributed by atoms with Gasteiger partial charge in [0.1, 0.15) is 0 Å². The van der Waals surface area contributed by atoms with Crippen molar-refractivity contribution >= 4 is 11.9 Å². The molecular formula is C18H30N4O3. The Labute approximate surface area is 149 Å². The Bertz CT molecular complexity index is 611. The predicted octanol–water partition coefficient (Wildman–Crippen LogP) is 1.51. The molecule has 2 rings (SSSR count). The van der Waals surface area contributed by atoms with Gasteiger partial charge in [0, 0.05) is 44.2 Å². The van der Waals surface area contributed by atoms with E-state index < -0.39 is 5.97 Å². The van der Waals surface area contributed by atoms with Crippen molar-refractivity contribution in [3.05, 3.63) is 17.0 Å². The van der Waals surface area contributed by atoms with Crippen LogP contribution in [0.2, 0.25) is 0 Å². The summed E-state index contributed by atoms with van der Waals surface area (Å²) in [6, 6.07) is 0.0864. The average Bonchev–Trinajstić information content (AvgIpc) is 3.08. The number of H-pyrrole nitrogens is 1. The van der Waals surface area contributed by atoms with Crippen molar-refractivity contribution in [3.63, 3.8) is 0 Å². The summed E-state index contributed by atoms with van der Waals surface area (Å²) in [6.45, 7) is 10.4. The smallest absolute Gasteiger partial charge is 0.304 e.